The van der Waals surface area contributed by atoms with Crippen LogP contribution in [0.3, 0.4) is 0 Å². The molecule has 0 aliphatic carbocycles. The van der Waals surface area contributed by atoms with Gasteiger partial charge in [-0.1, -0.05) is 133 Å². The van der Waals surface area contributed by atoms with Crippen LogP contribution in [0.5, 0.6) is 0 Å². The molecule has 0 radical (unpaired) electrons. The van der Waals surface area contributed by atoms with Crippen molar-refractivity contribution in [3.05, 3.63) is 124 Å². The minimum Gasteiger partial charge on any atom is -0.311 e. The third kappa shape index (κ3) is 6.60. The van der Waals surface area contributed by atoms with Crippen molar-refractivity contribution in [1.29, 1.82) is 0 Å². The van der Waals surface area contributed by atoms with Crippen molar-refractivity contribution in [2.75, 3.05) is 9.80 Å². The Morgan fingerprint density at radius 1 is 0.426 bits per heavy atom. The summed E-state index contributed by atoms with van der Waals surface area (Å²) >= 11 is 0. The smallest absolute Gasteiger partial charge is 0.252 e. The Labute approximate surface area is 328 Å². The van der Waals surface area contributed by atoms with Gasteiger partial charge in [0.15, 0.2) is 0 Å². The molecule has 0 fully saturated rings. The normalized spacial score (nSPS) is 14.4. The van der Waals surface area contributed by atoms with Gasteiger partial charge in [0.25, 0.3) is 6.71 Å². The van der Waals surface area contributed by atoms with Crippen LogP contribution in [0, 0.1) is 13.8 Å². The molecule has 2 aliphatic rings. The van der Waals surface area contributed by atoms with Gasteiger partial charge >= 0.3 is 0 Å². The molecule has 2 nitrogen and oxygen atoms in total. The first-order chi connectivity index (χ1) is 24.9. The molecular weight excluding hydrogens is 651 g/mol. The van der Waals surface area contributed by atoms with Crippen molar-refractivity contribution in [2.45, 2.75) is 138 Å². The van der Waals surface area contributed by atoms with Crippen LogP contribution in [-0.2, 0) is 21.7 Å². The van der Waals surface area contributed by atoms with E-state index in [1.54, 1.807) is 0 Å². The van der Waals surface area contributed by atoms with E-state index in [-0.39, 0.29) is 28.4 Å². The van der Waals surface area contributed by atoms with E-state index in [1.165, 1.54) is 89.5 Å². The first-order valence-electron chi connectivity index (χ1n) is 20.2. The molecule has 0 amide bonds. The van der Waals surface area contributed by atoms with E-state index in [0.29, 0.717) is 5.92 Å². The van der Waals surface area contributed by atoms with Crippen molar-refractivity contribution in [3.8, 4) is 0 Å². The molecule has 2 aliphatic heterocycles. The molecule has 280 valence electrons. The van der Waals surface area contributed by atoms with E-state index in [1.807, 2.05) is 0 Å². The lowest BCUT2D eigenvalue weighted by molar-refractivity contribution is 0.568. The highest BCUT2D eigenvalue weighted by Crippen LogP contribution is 2.48. The summed E-state index contributed by atoms with van der Waals surface area (Å²) in [4.78, 5) is 5.25. The zero-order valence-corrected chi connectivity index (χ0v) is 36.1. The summed E-state index contributed by atoms with van der Waals surface area (Å²) in [6.45, 7) is 37.4. The Kier molecular flexibility index (Phi) is 8.92. The highest BCUT2D eigenvalue weighted by atomic mass is 15.2. The average Bonchev–Trinajstić information content (AvgIpc) is 3.05. The maximum absolute atomic E-state index is 2.62. The maximum atomic E-state index is 2.62. The molecular formula is C51H63BN2. The van der Waals surface area contributed by atoms with Crippen molar-refractivity contribution in [1.82, 2.24) is 0 Å². The van der Waals surface area contributed by atoms with E-state index in [4.69, 9.17) is 0 Å². The highest BCUT2D eigenvalue weighted by Gasteiger charge is 2.44. The second kappa shape index (κ2) is 12.7. The molecule has 0 bridgehead atoms. The molecule has 5 aromatic carbocycles. The third-order valence-electron chi connectivity index (χ3n) is 11.9. The number of hydrogen-bond acceptors (Lipinski definition) is 2. The number of rotatable bonds is 3. The lowest BCUT2D eigenvalue weighted by Crippen LogP contribution is -2.61. The number of fused-ring (bicyclic) bond motifs is 4. The third-order valence-corrected chi connectivity index (χ3v) is 11.9. The Morgan fingerprint density at radius 3 is 1.06 bits per heavy atom. The standard InChI is InChI=1S/C51H63BN2/c1-31(2)34-23-45-47-46(24-34)54(40-29-37(50(11,12)13)26-38(30-40)51(14,15)16)44-22-33(4)18-20-42(44)52(47)41-19-17-32(3)21-43(41)53(45)39-27-35(48(5,6)7)25-36(28-39)49(8,9)10/h17-31H,1-16H3. The number of nitrogens with zero attached hydrogens (tertiary/aromatic N) is 2. The van der Waals surface area contributed by atoms with Gasteiger partial charge in [-0.2, -0.15) is 0 Å². The predicted molar refractivity (Wildman–Crippen MR) is 239 cm³/mol. The van der Waals surface area contributed by atoms with Gasteiger partial charge in [-0.15, -0.1) is 0 Å². The van der Waals surface area contributed by atoms with Crippen molar-refractivity contribution >= 4 is 57.2 Å². The molecule has 0 saturated carbocycles. The highest BCUT2D eigenvalue weighted by molar-refractivity contribution is 7.00. The largest absolute Gasteiger partial charge is 0.311 e. The van der Waals surface area contributed by atoms with Crippen LogP contribution in [0.15, 0.2) is 84.9 Å². The molecule has 0 aromatic heterocycles. The SMILES string of the molecule is Cc1ccc2c(c1)N(c1cc(C(C)(C)C)cc(C(C)(C)C)c1)c1cc(C(C)C)cc3c1B2c1ccc(C)cc1N3c1cc(C(C)(C)C)cc(C(C)(C)C)c1. The van der Waals surface area contributed by atoms with E-state index in [2.05, 4.69) is 206 Å². The predicted octanol–water partition coefficient (Wildman–Crippen LogP) is 12.7. The summed E-state index contributed by atoms with van der Waals surface area (Å²) in [7, 11) is 0. The summed E-state index contributed by atoms with van der Waals surface area (Å²) in [6.07, 6.45) is 0. The van der Waals surface area contributed by atoms with Gasteiger partial charge in [0.2, 0.25) is 0 Å². The van der Waals surface area contributed by atoms with Crippen LogP contribution in [0.1, 0.15) is 142 Å². The number of anilines is 6. The number of benzene rings is 5. The Bertz CT molecular complexity index is 2060. The van der Waals surface area contributed by atoms with Crippen molar-refractivity contribution in [3.63, 3.8) is 0 Å². The molecule has 3 heteroatoms. The molecule has 0 saturated heterocycles. The van der Waals surface area contributed by atoms with Gasteiger partial charge in [0.05, 0.1) is 0 Å². The zero-order valence-electron chi connectivity index (χ0n) is 36.1. The summed E-state index contributed by atoms with van der Waals surface area (Å²) in [5, 5.41) is 0. The average molecular weight is 715 g/mol. The second-order valence-corrected chi connectivity index (χ2v) is 20.9. The van der Waals surface area contributed by atoms with Crippen LogP contribution in [0.4, 0.5) is 34.1 Å². The zero-order chi connectivity index (χ0) is 39.4. The minimum absolute atomic E-state index is 0.000588. The fourth-order valence-electron chi connectivity index (χ4n) is 8.33. The minimum atomic E-state index is -0.000588. The molecule has 0 atom stereocenters. The lowest BCUT2D eigenvalue weighted by atomic mass is 9.33. The summed E-state index contributed by atoms with van der Waals surface area (Å²) in [6, 6.07) is 34.1. The number of hydrogen-bond donors (Lipinski definition) is 0. The van der Waals surface area contributed by atoms with E-state index in [0.717, 1.165) is 0 Å². The van der Waals surface area contributed by atoms with Crippen LogP contribution < -0.4 is 26.2 Å². The van der Waals surface area contributed by atoms with Gasteiger partial charge in [-0.25, -0.2) is 0 Å². The van der Waals surface area contributed by atoms with Gasteiger partial charge in [-0.05, 0) is 145 Å². The fraction of sp³-hybridized carbons (Fsp3) is 0.412. The summed E-state index contributed by atoms with van der Waals surface area (Å²) < 4.78 is 0. The van der Waals surface area contributed by atoms with Crippen molar-refractivity contribution in [2.24, 2.45) is 0 Å². The molecule has 7 rings (SSSR count). The molecule has 2 heterocycles. The first-order valence-corrected chi connectivity index (χ1v) is 20.2. The maximum Gasteiger partial charge on any atom is 0.252 e. The second-order valence-electron chi connectivity index (χ2n) is 20.9. The van der Waals surface area contributed by atoms with Gasteiger partial charge in [0, 0.05) is 34.1 Å². The fourth-order valence-corrected chi connectivity index (χ4v) is 8.33. The lowest BCUT2D eigenvalue weighted by Gasteiger charge is -2.45. The molecule has 0 spiro atoms. The quantitative estimate of drug-likeness (QED) is 0.168. The van der Waals surface area contributed by atoms with E-state index < -0.39 is 0 Å². The van der Waals surface area contributed by atoms with Crippen molar-refractivity contribution < 1.29 is 0 Å². The Morgan fingerprint density at radius 2 is 0.759 bits per heavy atom. The summed E-state index contributed by atoms with van der Waals surface area (Å²) in [5.41, 5.74) is 21.2. The molecule has 5 aromatic rings. The molecule has 54 heavy (non-hydrogen) atoms. The Balaban J connectivity index is 1.64. The Hall–Kier alpha value is -4.24. The molecule has 0 unspecified atom stereocenters. The van der Waals surface area contributed by atoms with Crippen LogP contribution in [0.25, 0.3) is 0 Å². The monoisotopic (exact) mass is 715 g/mol. The van der Waals surface area contributed by atoms with E-state index in [9.17, 15) is 0 Å². The molecule has 0 N–H and O–H groups in total. The van der Waals surface area contributed by atoms with Crippen LogP contribution in [-0.4, -0.2) is 6.71 Å². The first kappa shape index (κ1) is 38.1. The van der Waals surface area contributed by atoms with Gasteiger partial charge in [0.1, 0.15) is 0 Å². The van der Waals surface area contributed by atoms with E-state index >= 15 is 0 Å². The topological polar surface area (TPSA) is 6.48 Å². The van der Waals surface area contributed by atoms with Crippen LogP contribution >= 0.6 is 0 Å². The van der Waals surface area contributed by atoms with Gasteiger partial charge < -0.3 is 9.80 Å². The van der Waals surface area contributed by atoms with Gasteiger partial charge in [-0.3, -0.25) is 0 Å². The summed E-state index contributed by atoms with van der Waals surface area (Å²) in [5.74, 6) is 0.351. The van der Waals surface area contributed by atoms with Crippen LogP contribution in [0.2, 0.25) is 0 Å². The number of aryl methyl sites for hydroxylation is 2.